The SMILES string of the molecule is Cc1nc(Cl)c(Cc2nccn2C)nc1C. The summed E-state index contributed by atoms with van der Waals surface area (Å²) >= 11 is 6.06. The first-order chi connectivity index (χ1) is 7.58. The van der Waals surface area contributed by atoms with Crippen LogP contribution in [0.4, 0.5) is 0 Å². The molecule has 5 heteroatoms. The number of hydrogen-bond donors (Lipinski definition) is 0. The molecule has 0 amide bonds. The summed E-state index contributed by atoms with van der Waals surface area (Å²) in [5, 5.41) is 0.464. The average molecular weight is 237 g/mol. The molecule has 84 valence electrons. The molecule has 0 aliphatic carbocycles. The van der Waals surface area contributed by atoms with E-state index in [9.17, 15) is 0 Å². The lowest BCUT2D eigenvalue weighted by atomic mass is 10.2. The fraction of sp³-hybridized carbons (Fsp3) is 0.364. The van der Waals surface area contributed by atoms with Gasteiger partial charge in [-0.15, -0.1) is 0 Å². The summed E-state index contributed by atoms with van der Waals surface area (Å²) in [7, 11) is 1.95. The second-order valence-electron chi connectivity index (χ2n) is 3.76. The molecule has 2 rings (SSSR count). The highest BCUT2D eigenvalue weighted by molar-refractivity contribution is 6.30. The Morgan fingerprint density at radius 2 is 1.94 bits per heavy atom. The highest BCUT2D eigenvalue weighted by atomic mass is 35.5. The topological polar surface area (TPSA) is 43.6 Å². The summed E-state index contributed by atoms with van der Waals surface area (Å²) in [6, 6.07) is 0. The van der Waals surface area contributed by atoms with Crippen molar-refractivity contribution in [1.29, 1.82) is 0 Å². The zero-order valence-electron chi connectivity index (χ0n) is 9.53. The largest absolute Gasteiger partial charge is 0.338 e. The highest BCUT2D eigenvalue weighted by Crippen LogP contribution is 2.16. The van der Waals surface area contributed by atoms with Gasteiger partial charge in [-0.1, -0.05) is 11.6 Å². The van der Waals surface area contributed by atoms with Crippen LogP contribution in [0.5, 0.6) is 0 Å². The van der Waals surface area contributed by atoms with Gasteiger partial charge in [-0.2, -0.15) is 0 Å². The van der Waals surface area contributed by atoms with Crippen molar-refractivity contribution in [2.45, 2.75) is 20.3 Å². The predicted molar refractivity (Wildman–Crippen MR) is 62.5 cm³/mol. The van der Waals surface area contributed by atoms with Crippen molar-refractivity contribution in [1.82, 2.24) is 19.5 Å². The third-order valence-corrected chi connectivity index (χ3v) is 2.88. The minimum Gasteiger partial charge on any atom is -0.338 e. The first-order valence-corrected chi connectivity index (χ1v) is 5.41. The summed E-state index contributed by atoms with van der Waals surface area (Å²) in [4.78, 5) is 12.9. The number of hydrogen-bond acceptors (Lipinski definition) is 3. The smallest absolute Gasteiger partial charge is 0.151 e. The lowest BCUT2D eigenvalue weighted by Crippen LogP contribution is -2.04. The van der Waals surface area contributed by atoms with Crippen LogP contribution in [0.2, 0.25) is 5.15 Å². The van der Waals surface area contributed by atoms with E-state index in [2.05, 4.69) is 15.0 Å². The van der Waals surface area contributed by atoms with Crippen LogP contribution in [0.3, 0.4) is 0 Å². The molecular weight excluding hydrogens is 224 g/mol. The van der Waals surface area contributed by atoms with E-state index in [1.54, 1.807) is 6.20 Å². The van der Waals surface area contributed by atoms with E-state index in [0.29, 0.717) is 11.6 Å². The first-order valence-electron chi connectivity index (χ1n) is 5.03. The molecule has 0 atom stereocenters. The molecule has 0 saturated heterocycles. The van der Waals surface area contributed by atoms with Crippen LogP contribution in [0.25, 0.3) is 0 Å². The standard InChI is InChI=1S/C11H13ClN4/c1-7-8(2)15-11(12)9(14-7)6-10-13-4-5-16(10)3/h4-5H,6H2,1-3H3. The molecule has 2 aromatic rings. The number of rotatable bonds is 2. The molecule has 0 unspecified atom stereocenters. The van der Waals surface area contributed by atoms with Crippen LogP contribution in [-0.4, -0.2) is 19.5 Å². The Kier molecular flexibility index (Phi) is 2.92. The maximum Gasteiger partial charge on any atom is 0.151 e. The molecule has 0 aliphatic rings. The molecule has 16 heavy (non-hydrogen) atoms. The van der Waals surface area contributed by atoms with Crippen LogP contribution in [0, 0.1) is 13.8 Å². The van der Waals surface area contributed by atoms with Crippen molar-refractivity contribution < 1.29 is 0 Å². The number of nitrogens with zero attached hydrogens (tertiary/aromatic N) is 4. The van der Waals surface area contributed by atoms with Gasteiger partial charge in [0.15, 0.2) is 5.15 Å². The first kappa shape index (κ1) is 11.1. The Labute approximate surface area is 99.3 Å². The number of imidazole rings is 1. The normalized spacial score (nSPS) is 10.8. The average Bonchev–Trinajstić information content (AvgIpc) is 2.61. The maximum atomic E-state index is 6.06. The van der Waals surface area contributed by atoms with Crippen molar-refractivity contribution >= 4 is 11.6 Å². The third kappa shape index (κ3) is 2.07. The molecule has 0 aliphatic heterocycles. The predicted octanol–water partition coefficient (Wildman–Crippen LogP) is 2.07. The van der Waals surface area contributed by atoms with E-state index in [1.165, 1.54) is 0 Å². The van der Waals surface area contributed by atoms with Crippen molar-refractivity contribution in [2.24, 2.45) is 7.05 Å². The summed E-state index contributed by atoms with van der Waals surface area (Å²) in [6.45, 7) is 3.83. The minimum absolute atomic E-state index is 0.464. The van der Waals surface area contributed by atoms with Crippen LogP contribution < -0.4 is 0 Å². The quantitative estimate of drug-likeness (QED) is 0.802. The van der Waals surface area contributed by atoms with Gasteiger partial charge in [0, 0.05) is 19.4 Å². The highest BCUT2D eigenvalue weighted by Gasteiger charge is 2.10. The van der Waals surface area contributed by atoms with Crippen LogP contribution in [-0.2, 0) is 13.5 Å². The number of halogens is 1. The van der Waals surface area contributed by atoms with E-state index in [1.807, 2.05) is 31.7 Å². The van der Waals surface area contributed by atoms with E-state index < -0.39 is 0 Å². The van der Waals surface area contributed by atoms with Gasteiger partial charge in [0.1, 0.15) is 5.82 Å². The van der Waals surface area contributed by atoms with E-state index in [0.717, 1.165) is 22.9 Å². The summed E-state index contributed by atoms with van der Waals surface area (Å²) in [5.41, 5.74) is 2.56. The molecule has 0 fully saturated rings. The van der Waals surface area contributed by atoms with Crippen LogP contribution in [0.15, 0.2) is 12.4 Å². The molecule has 0 bridgehead atoms. The number of aryl methyl sites for hydroxylation is 3. The Morgan fingerprint density at radius 3 is 2.56 bits per heavy atom. The van der Waals surface area contributed by atoms with E-state index in [-0.39, 0.29) is 0 Å². The second kappa shape index (κ2) is 4.22. The summed E-state index contributed by atoms with van der Waals surface area (Å²) in [5.74, 6) is 0.930. The Hall–Kier alpha value is -1.42. The number of aromatic nitrogens is 4. The fourth-order valence-corrected chi connectivity index (χ4v) is 1.69. The van der Waals surface area contributed by atoms with Gasteiger partial charge in [-0.25, -0.2) is 9.97 Å². The fourth-order valence-electron chi connectivity index (χ4n) is 1.45. The molecule has 0 radical (unpaired) electrons. The van der Waals surface area contributed by atoms with Crippen molar-refractivity contribution in [2.75, 3.05) is 0 Å². The van der Waals surface area contributed by atoms with Crippen molar-refractivity contribution in [3.63, 3.8) is 0 Å². The van der Waals surface area contributed by atoms with Crippen LogP contribution in [0.1, 0.15) is 22.9 Å². The Morgan fingerprint density at radius 1 is 1.25 bits per heavy atom. The molecule has 0 spiro atoms. The second-order valence-corrected chi connectivity index (χ2v) is 4.12. The molecule has 0 aromatic carbocycles. The lowest BCUT2D eigenvalue weighted by molar-refractivity contribution is 0.803. The maximum absolute atomic E-state index is 6.06. The van der Waals surface area contributed by atoms with E-state index >= 15 is 0 Å². The van der Waals surface area contributed by atoms with Crippen LogP contribution >= 0.6 is 11.6 Å². The van der Waals surface area contributed by atoms with Gasteiger partial charge < -0.3 is 4.57 Å². The van der Waals surface area contributed by atoms with Gasteiger partial charge in [0.25, 0.3) is 0 Å². The molecule has 2 aromatic heterocycles. The minimum atomic E-state index is 0.464. The third-order valence-electron chi connectivity index (χ3n) is 2.58. The van der Waals surface area contributed by atoms with Crippen molar-refractivity contribution in [3.8, 4) is 0 Å². The summed E-state index contributed by atoms with van der Waals surface area (Å²) < 4.78 is 1.95. The monoisotopic (exact) mass is 236 g/mol. The Balaban J connectivity index is 2.35. The molecule has 4 nitrogen and oxygen atoms in total. The Bertz CT molecular complexity index is 519. The zero-order chi connectivity index (χ0) is 11.7. The van der Waals surface area contributed by atoms with Gasteiger partial charge in [0.2, 0.25) is 0 Å². The summed E-state index contributed by atoms with van der Waals surface area (Å²) in [6.07, 6.45) is 4.27. The van der Waals surface area contributed by atoms with Gasteiger partial charge >= 0.3 is 0 Å². The molecule has 2 heterocycles. The van der Waals surface area contributed by atoms with Crippen molar-refractivity contribution in [3.05, 3.63) is 40.5 Å². The van der Waals surface area contributed by atoms with Gasteiger partial charge in [-0.3, -0.25) is 4.98 Å². The van der Waals surface area contributed by atoms with E-state index in [4.69, 9.17) is 11.6 Å². The zero-order valence-corrected chi connectivity index (χ0v) is 10.3. The molecule has 0 saturated carbocycles. The van der Waals surface area contributed by atoms with Gasteiger partial charge in [-0.05, 0) is 13.8 Å². The van der Waals surface area contributed by atoms with Gasteiger partial charge in [0.05, 0.1) is 23.5 Å². The lowest BCUT2D eigenvalue weighted by Gasteiger charge is -2.06. The molecular formula is C11H13ClN4. The molecule has 0 N–H and O–H groups in total.